The summed E-state index contributed by atoms with van der Waals surface area (Å²) in [4.78, 5) is 11.4. The van der Waals surface area contributed by atoms with Gasteiger partial charge >= 0.3 is 0 Å². The van der Waals surface area contributed by atoms with E-state index < -0.39 is 6.10 Å². The second-order valence-corrected chi connectivity index (χ2v) is 3.61. The van der Waals surface area contributed by atoms with Crippen molar-refractivity contribution in [3.63, 3.8) is 0 Å². The molecule has 0 spiro atoms. The zero-order valence-electron chi connectivity index (χ0n) is 10.1. The number of hydrogen-bond acceptors (Lipinski definition) is 5. The van der Waals surface area contributed by atoms with Crippen LogP contribution in [0.15, 0.2) is 12.1 Å². The largest absolute Gasteiger partial charge is 0.391 e. The molecule has 94 valence electrons. The highest BCUT2D eigenvalue weighted by Gasteiger charge is 2.07. The maximum Gasteiger partial charge on any atom is 0.271 e. The molecule has 1 rings (SSSR count). The molecule has 0 aromatic carbocycles. The van der Waals surface area contributed by atoms with Crippen LogP contribution >= 0.6 is 0 Å². The Labute approximate surface area is 100 Å². The fraction of sp³-hybridized carbons (Fsp3) is 0.545. The van der Waals surface area contributed by atoms with Gasteiger partial charge in [-0.1, -0.05) is 6.92 Å². The molecule has 6 heteroatoms. The maximum absolute atomic E-state index is 11.4. The molecule has 0 aliphatic carbocycles. The first-order valence-corrected chi connectivity index (χ1v) is 5.71. The Morgan fingerprint density at radius 2 is 2.18 bits per heavy atom. The molecular formula is C11H18N4O2. The summed E-state index contributed by atoms with van der Waals surface area (Å²) in [7, 11) is 0. The summed E-state index contributed by atoms with van der Waals surface area (Å²) < 4.78 is 0. The van der Waals surface area contributed by atoms with Crippen LogP contribution in [0, 0.1) is 0 Å². The number of hydrogen-bond donors (Lipinski definition) is 3. The van der Waals surface area contributed by atoms with E-state index in [0.29, 0.717) is 25.3 Å². The van der Waals surface area contributed by atoms with E-state index in [9.17, 15) is 9.90 Å². The van der Waals surface area contributed by atoms with Crippen LogP contribution in [0.25, 0.3) is 0 Å². The van der Waals surface area contributed by atoms with Crippen molar-refractivity contribution < 1.29 is 9.90 Å². The van der Waals surface area contributed by atoms with Gasteiger partial charge in [-0.3, -0.25) is 4.79 Å². The molecule has 0 radical (unpaired) electrons. The summed E-state index contributed by atoms with van der Waals surface area (Å²) in [6.45, 7) is 4.72. The molecule has 1 aromatic heterocycles. The maximum atomic E-state index is 11.4. The van der Waals surface area contributed by atoms with Crippen LogP contribution in [0.2, 0.25) is 0 Å². The van der Waals surface area contributed by atoms with Crippen LogP contribution in [-0.4, -0.2) is 40.4 Å². The normalized spacial score (nSPS) is 11.9. The molecule has 1 amide bonds. The van der Waals surface area contributed by atoms with Crippen molar-refractivity contribution in [2.45, 2.75) is 26.4 Å². The summed E-state index contributed by atoms with van der Waals surface area (Å²) in [5.74, 6) is 0.311. The van der Waals surface area contributed by atoms with Crippen molar-refractivity contribution in [1.82, 2.24) is 15.5 Å². The van der Waals surface area contributed by atoms with Crippen LogP contribution in [-0.2, 0) is 0 Å². The third-order valence-corrected chi connectivity index (χ3v) is 2.22. The molecule has 0 bridgehead atoms. The van der Waals surface area contributed by atoms with E-state index in [1.807, 2.05) is 13.8 Å². The number of carbonyl (C=O) groups excluding carboxylic acids is 1. The minimum absolute atomic E-state index is 0.236. The third kappa shape index (κ3) is 4.36. The van der Waals surface area contributed by atoms with Crippen molar-refractivity contribution in [3.05, 3.63) is 17.8 Å². The fourth-order valence-electron chi connectivity index (χ4n) is 1.17. The molecule has 0 saturated heterocycles. The summed E-state index contributed by atoms with van der Waals surface area (Å²) in [5.41, 5.74) is 0.286. The molecule has 0 saturated carbocycles. The van der Waals surface area contributed by atoms with Crippen molar-refractivity contribution in [2.24, 2.45) is 0 Å². The first-order chi connectivity index (χ1) is 8.17. The molecule has 1 unspecified atom stereocenters. The van der Waals surface area contributed by atoms with Gasteiger partial charge in [0.15, 0.2) is 5.69 Å². The topological polar surface area (TPSA) is 87.1 Å². The summed E-state index contributed by atoms with van der Waals surface area (Å²) >= 11 is 0. The van der Waals surface area contributed by atoms with E-state index in [1.165, 1.54) is 0 Å². The lowest BCUT2D eigenvalue weighted by atomic mass is 10.3. The number of aliphatic hydroxyl groups is 1. The summed E-state index contributed by atoms with van der Waals surface area (Å²) in [6, 6.07) is 3.26. The van der Waals surface area contributed by atoms with E-state index in [2.05, 4.69) is 20.8 Å². The van der Waals surface area contributed by atoms with Gasteiger partial charge in [-0.05, 0) is 25.5 Å². The molecule has 6 nitrogen and oxygen atoms in total. The highest BCUT2D eigenvalue weighted by Crippen LogP contribution is 2.02. The highest BCUT2D eigenvalue weighted by molar-refractivity contribution is 5.92. The minimum Gasteiger partial charge on any atom is -0.391 e. The molecule has 17 heavy (non-hydrogen) atoms. The average molecular weight is 238 g/mol. The van der Waals surface area contributed by atoms with Crippen LogP contribution in [0.4, 0.5) is 5.82 Å². The molecule has 3 N–H and O–H groups in total. The number of nitrogens with one attached hydrogen (secondary N) is 2. The van der Waals surface area contributed by atoms with Gasteiger partial charge in [0.2, 0.25) is 0 Å². The van der Waals surface area contributed by atoms with Crippen molar-refractivity contribution in [3.8, 4) is 0 Å². The van der Waals surface area contributed by atoms with Crippen LogP contribution < -0.4 is 10.6 Å². The van der Waals surface area contributed by atoms with Gasteiger partial charge < -0.3 is 15.7 Å². The van der Waals surface area contributed by atoms with Gasteiger partial charge in [-0.2, -0.15) is 0 Å². The smallest absolute Gasteiger partial charge is 0.271 e. The van der Waals surface area contributed by atoms with E-state index in [-0.39, 0.29) is 11.6 Å². The van der Waals surface area contributed by atoms with Gasteiger partial charge in [0, 0.05) is 13.1 Å². The molecular weight excluding hydrogens is 220 g/mol. The zero-order valence-corrected chi connectivity index (χ0v) is 10.1. The van der Waals surface area contributed by atoms with Crippen molar-refractivity contribution in [2.75, 3.05) is 18.4 Å². The predicted octanol–water partition coefficient (Wildman–Crippen LogP) is 0.409. The first-order valence-electron chi connectivity index (χ1n) is 5.71. The molecule has 1 heterocycles. The lowest BCUT2D eigenvalue weighted by Crippen LogP contribution is -2.24. The van der Waals surface area contributed by atoms with Crippen molar-refractivity contribution in [1.29, 1.82) is 0 Å². The lowest BCUT2D eigenvalue weighted by molar-refractivity contribution is 0.0950. The standard InChI is InChI=1S/C11H18N4O2/c1-3-8(16)7-13-10-6-5-9(14-15-10)11(17)12-4-2/h5-6,8,16H,3-4,7H2,1-2H3,(H,12,17)(H,13,15). The second-order valence-electron chi connectivity index (χ2n) is 3.61. The number of anilines is 1. The van der Waals surface area contributed by atoms with E-state index in [1.54, 1.807) is 12.1 Å². The van der Waals surface area contributed by atoms with Gasteiger partial charge in [-0.25, -0.2) is 0 Å². The van der Waals surface area contributed by atoms with Gasteiger partial charge in [0.05, 0.1) is 6.10 Å². The zero-order chi connectivity index (χ0) is 12.7. The number of aliphatic hydroxyl groups excluding tert-OH is 1. The van der Waals surface area contributed by atoms with Crippen molar-refractivity contribution >= 4 is 11.7 Å². The quantitative estimate of drug-likeness (QED) is 0.668. The van der Waals surface area contributed by atoms with E-state index >= 15 is 0 Å². The second kappa shape index (κ2) is 6.80. The third-order valence-electron chi connectivity index (χ3n) is 2.22. The number of carbonyl (C=O) groups is 1. The number of amides is 1. The Kier molecular flexibility index (Phi) is 5.35. The van der Waals surface area contributed by atoms with Gasteiger partial charge in [0.25, 0.3) is 5.91 Å². The Morgan fingerprint density at radius 1 is 1.41 bits per heavy atom. The molecule has 0 fully saturated rings. The van der Waals surface area contributed by atoms with Gasteiger partial charge in [0.1, 0.15) is 5.82 Å². The molecule has 1 atom stereocenters. The van der Waals surface area contributed by atoms with Crippen LogP contribution in [0.5, 0.6) is 0 Å². The minimum atomic E-state index is -0.403. The van der Waals surface area contributed by atoms with E-state index in [4.69, 9.17) is 0 Å². The molecule has 0 aliphatic heterocycles. The van der Waals surface area contributed by atoms with Gasteiger partial charge in [-0.15, -0.1) is 10.2 Å². The Morgan fingerprint density at radius 3 is 2.71 bits per heavy atom. The number of aromatic nitrogens is 2. The molecule has 0 aliphatic rings. The number of rotatable bonds is 6. The SMILES string of the molecule is CCNC(=O)c1ccc(NCC(O)CC)nn1. The molecule has 1 aromatic rings. The number of nitrogens with zero attached hydrogens (tertiary/aromatic N) is 2. The highest BCUT2D eigenvalue weighted by atomic mass is 16.3. The van der Waals surface area contributed by atoms with E-state index in [0.717, 1.165) is 0 Å². The summed E-state index contributed by atoms with van der Waals surface area (Å²) in [5, 5.41) is 22.6. The predicted molar refractivity (Wildman–Crippen MR) is 64.8 cm³/mol. The lowest BCUT2D eigenvalue weighted by Gasteiger charge is -2.09. The monoisotopic (exact) mass is 238 g/mol. The Balaban J connectivity index is 2.53. The van der Waals surface area contributed by atoms with Crippen LogP contribution in [0.1, 0.15) is 30.8 Å². The first kappa shape index (κ1) is 13.4. The Hall–Kier alpha value is -1.69. The Bertz CT molecular complexity index is 353. The van der Waals surface area contributed by atoms with Crippen LogP contribution in [0.3, 0.4) is 0 Å². The fourth-order valence-corrected chi connectivity index (χ4v) is 1.17. The average Bonchev–Trinajstić information content (AvgIpc) is 2.36. The summed E-state index contributed by atoms with van der Waals surface area (Å²) in [6.07, 6.45) is 0.275.